The topological polar surface area (TPSA) is 46.9 Å². The minimum Gasteiger partial charge on any atom is -0.394 e. The number of nitrogens with zero attached hydrogens (tertiary/aromatic N) is 2. The fraction of sp³-hybridized carbons (Fsp3) is 0.647. The maximum Gasteiger partial charge on any atom is 0.0897 e. The fourth-order valence-corrected chi connectivity index (χ4v) is 4.16. The summed E-state index contributed by atoms with van der Waals surface area (Å²) in [5, 5.41) is 18.5. The maximum absolute atomic E-state index is 9.57. The van der Waals surface area contributed by atoms with Gasteiger partial charge < -0.3 is 10.2 Å². The largest absolute Gasteiger partial charge is 0.394 e. The molecule has 1 fully saturated rings. The van der Waals surface area contributed by atoms with Crippen LogP contribution in [0.4, 0.5) is 0 Å². The molecule has 5 heteroatoms. The molecular weight excluding hydrogens is 344 g/mol. The summed E-state index contributed by atoms with van der Waals surface area (Å²) >= 11 is 3.58. The lowest BCUT2D eigenvalue weighted by Crippen LogP contribution is -2.50. The first-order valence-corrected chi connectivity index (χ1v) is 9.00. The van der Waals surface area contributed by atoms with E-state index in [-0.39, 0.29) is 6.61 Å². The second kappa shape index (κ2) is 7.41. The fourth-order valence-electron chi connectivity index (χ4n) is 3.75. The van der Waals surface area contributed by atoms with Gasteiger partial charge in [-0.2, -0.15) is 0 Å². The number of rotatable bonds is 4. The Bertz CT molecular complexity index is 503. The highest BCUT2D eigenvalue weighted by Gasteiger charge is 2.29. The molecule has 2 N–H and O–H groups in total. The Morgan fingerprint density at radius 2 is 2.00 bits per heavy atom. The van der Waals surface area contributed by atoms with Crippen molar-refractivity contribution in [3.8, 4) is 0 Å². The van der Waals surface area contributed by atoms with Crippen LogP contribution in [0.3, 0.4) is 0 Å². The van der Waals surface area contributed by atoms with Crippen molar-refractivity contribution >= 4 is 15.9 Å². The smallest absolute Gasteiger partial charge is 0.0897 e. The van der Waals surface area contributed by atoms with E-state index in [0.717, 1.165) is 26.2 Å². The lowest BCUT2D eigenvalue weighted by molar-refractivity contribution is 0.0288. The predicted octanol–water partition coefficient (Wildman–Crippen LogP) is 1.80. The summed E-state index contributed by atoms with van der Waals surface area (Å²) in [6.07, 6.45) is 3.08. The number of piperazine rings is 1. The maximum atomic E-state index is 9.57. The molecule has 3 rings (SSSR count). The monoisotopic (exact) mass is 368 g/mol. The van der Waals surface area contributed by atoms with Gasteiger partial charge in [0, 0.05) is 43.2 Å². The first-order valence-electron chi connectivity index (χ1n) is 8.21. The molecule has 1 aromatic carbocycles. The predicted molar refractivity (Wildman–Crippen MR) is 90.9 cm³/mol. The van der Waals surface area contributed by atoms with Crippen LogP contribution < -0.4 is 0 Å². The summed E-state index contributed by atoms with van der Waals surface area (Å²) in [4.78, 5) is 4.84. The van der Waals surface area contributed by atoms with Gasteiger partial charge >= 0.3 is 0 Å². The molecule has 0 unspecified atom stereocenters. The summed E-state index contributed by atoms with van der Waals surface area (Å²) < 4.78 is 1.18. The molecule has 1 saturated heterocycles. The third-order valence-corrected chi connectivity index (χ3v) is 5.41. The average Bonchev–Trinajstić information content (AvgIpc) is 2.54. The van der Waals surface area contributed by atoms with Gasteiger partial charge in [-0.25, -0.2) is 0 Å². The van der Waals surface area contributed by atoms with E-state index in [9.17, 15) is 5.11 Å². The van der Waals surface area contributed by atoms with Gasteiger partial charge in [-0.05, 0) is 42.5 Å². The van der Waals surface area contributed by atoms with E-state index in [1.165, 1.54) is 34.9 Å². The van der Waals surface area contributed by atoms with Crippen LogP contribution in [0.1, 0.15) is 30.0 Å². The Kier molecular flexibility index (Phi) is 5.52. The molecular formula is C17H25BrN2O2. The molecule has 1 aliphatic heterocycles. The minimum atomic E-state index is -0.612. The van der Waals surface area contributed by atoms with Crippen LogP contribution in [0.25, 0.3) is 0 Å². The van der Waals surface area contributed by atoms with Crippen LogP contribution in [0, 0.1) is 0 Å². The van der Waals surface area contributed by atoms with E-state index in [2.05, 4.69) is 43.9 Å². The molecule has 2 atom stereocenters. The number of aryl methyl sites for hydroxylation is 1. The highest BCUT2D eigenvalue weighted by Crippen LogP contribution is 2.36. The number of halogens is 1. The molecule has 0 bridgehead atoms. The molecule has 22 heavy (non-hydrogen) atoms. The van der Waals surface area contributed by atoms with E-state index < -0.39 is 6.10 Å². The molecule has 0 spiro atoms. The van der Waals surface area contributed by atoms with Gasteiger partial charge in [-0.15, -0.1) is 0 Å². The second-order valence-electron chi connectivity index (χ2n) is 6.42. The number of fused-ring (bicyclic) bond motifs is 1. The number of benzene rings is 1. The highest BCUT2D eigenvalue weighted by molar-refractivity contribution is 9.10. The van der Waals surface area contributed by atoms with Crippen LogP contribution in [-0.2, 0) is 6.42 Å². The SMILES string of the molecule is OC[C@@H](O)CN1CCN([C@@H]2CCCc3cc(Br)ccc32)CC1. The van der Waals surface area contributed by atoms with Crippen molar-refractivity contribution in [2.75, 3.05) is 39.3 Å². The zero-order valence-electron chi connectivity index (χ0n) is 12.9. The lowest BCUT2D eigenvalue weighted by Gasteiger charge is -2.42. The number of hydrogen-bond acceptors (Lipinski definition) is 4. The van der Waals surface area contributed by atoms with Gasteiger partial charge in [0.15, 0.2) is 0 Å². The molecule has 0 radical (unpaired) electrons. The number of aliphatic hydroxyl groups is 2. The summed E-state index contributed by atoms with van der Waals surface area (Å²) in [7, 11) is 0. The Balaban J connectivity index is 1.63. The Hall–Kier alpha value is -0.460. The molecule has 4 nitrogen and oxygen atoms in total. The van der Waals surface area contributed by atoms with E-state index in [0.29, 0.717) is 12.6 Å². The van der Waals surface area contributed by atoms with E-state index >= 15 is 0 Å². The molecule has 2 aliphatic rings. The summed E-state index contributed by atoms with van der Waals surface area (Å²) in [5.74, 6) is 0. The molecule has 0 amide bonds. The third-order valence-electron chi connectivity index (χ3n) is 4.92. The van der Waals surface area contributed by atoms with Crippen LogP contribution in [0.15, 0.2) is 22.7 Å². The van der Waals surface area contributed by atoms with Crippen molar-refractivity contribution in [2.45, 2.75) is 31.4 Å². The van der Waals surface area contributed by atoms with Crippen molar-refractivity contribution in [1.29, 1.82) is 0 Å². The van der Waals surface area contributed by atoms with Gasteiger partial charge in [0.05, 0.1) is 12.7 Å². The van der Waals surface area contributed by atoms with Gasteiger partial charge in [0.25, 0.3) is 0 Å². The molecule has 0 aromatic heterocycles. The van der Waals surface area contributed by atoms with E-state index in [1.54, 1.807) is 0 Å². The van der Waals surface area contributed by atoms with Crippen molar-refractivity contribution in [2.24, 2.45) is 0 Å². The quantitative estimate of drug-likeness (QED) is 0.850. The van der Waals surface area contributed by atoms with Crippen LogP contribution >= 0.6 is 15.9 Å². The zero-order chi connectivity index (χ0) is 15.5. The summed E-state index contributed by atoms with van der Waals surface area (Å²) in [6, 6.07) is 7.26. The van der Waals surface area contributed by atoms with Gasteiger partial charge in [0.2, 0.25) is 0 Å². The molecule has 0 saturated carbocycles. The Morgan fingerprint density at radius 1 is 1.23 bits per heavy atom. The average molecular weight is 369 g/mol. The number of hydrogen-bond donors (Lipinski definition) is 2. The minimum absolute atomic E-state index is 0.148. The number of β-amino-alcohol motifs (C(OH)–C–C–N with tert-alkyl or cyclic N) is 1. The summed E-state index contributed by atoms with van der Waals surface area (Å²) in [5.41, 5.74) is 2.99. The van der Waals surface area contributed by atoms with Crippen molar-refractivity contribution < 1.29 is 10.2 Å². The summed E-state index contributed by atoms with van der Waals surface area (Å²) in [6.45, 7) is 4.46. The van der Waals surface area contributed by atoms with Crippen LogP contribution in [-0.4, -0.2) is 65.4 Å². The molecule has 1 heterocycles. The molecule has 1 aliphatic carbocycles. The highest BCUT2D eigenvalue weighted by atomic mass is 79.9. The van der Waals surface area contributed by atoms with Gasteiger partial charge in [-0.3, -0.25) is 9.80 Å². The number of aliphatic hydroxyl groups excluding tert-OH is 2. The van der Waals surface area contributed by atoms with Crippen molar-refractivity contribution in [3.05, 3.63) is 33.8 Å². The molecule has 122 valence electrons. The van der Waals surface area contributed by atoms with E-state index in [4.69, 9.17) is 5.11 Å². The Morgan fingerprint density at radius 3 is 2.73 bits per heavy atom. The standard InChI is InChI=1S/C17H25BrN2O2/c18-14-4-5-16-13(10-14)2-1-3-17(16)20-8-6-19(7-9-20)11-15(22)12-21/h4-5,10,15,17,21-22H,1-3,6-9,11-12H2/t15-,17+/m0/s1. The normalized spacial score (nSPS) is 25.0. The Labute approximate surface area is 140 Å². The lowest BCUT2D eigenvalue weighted by atomic mass is 9.86. The third kappa shape index (κ3) is 3.71. The first-order chi connectivity index (χ1) is 10.7. The van der Waals surface area contributed by atoms with Crippen LogP contribution in [0.2, 0.25) is 0 Å². The van der Waals surface area contributed by atoms with Crippen molar-refractivity contribution in [1.82, 2.24) is 9.80 Å². The first kappa shape index (κ1) is 16.4. The second-order valence-corrected chi connectivity index (χ2v) is 7.34. The van der Waals surface area contributed by atoms with E-state index in [1.807, 2.05) is 0 Å². The van der Waals surface area contributed by atoms with Crippen LogP contribution in [0.5, 0.6) is 0 Å². The van der Waals surface area contributed by atoms with Gasteiger partial charge in [-0.1, -0.05) is 22.0 Å². The van der Waals surface area contributed by atoms with Crippen molar-refractivity contribution in [3.63, 3.8) is 0 Å². The zero-order valence-corrected chi connectivity index (χ0v) is 14.5. The molecule has 1 aromatic rings. The van der Waals surface area contributed by atoms with Gasteiger partial charge in [0.1, 0.15) is 0 Å².